The summed E-state index contributed by atoms with van der Waals surface area (Å²) in [5.74, 6) is -0.276. The van der Waals surface area contributed by atoms with Crippen molar-refractivity contribution in [2.45, 2.75) is 26.8 Å². The zero-order valence-electron chi connectivity index (χ0n) is 14.3. The highest BCUT2D eigenvalue weighted by molar-refractivity contribution is 7.13. The maximum absolute atomic E-state index is 12.4. The molecule has 1 atom stereocenters. The van der Waals surface area contributed by atoms with Gasteiger partial charge in [-0.1, -0.05) is 0 Å². The molecule has 0 aromatic carbocycles. The molecule has 4 amide bonds. The van der Waals surface area contributed by atoms with Crippen LogP contribution in [0.1, 0.15) is 28.4 Å². The highest BCUT2D eigenvalue weighted by Gasteiger charge is 2.28. The maximum atomic E-state index is 12.4. The van der Waals surface area contributed by atoms with Crippen LogP contribution >= 0.6 is 11.3 Å². The monoisotopic (exact) mass is 352 g/mol. The minimum atomic E-state index is -0.476. The van der Waals surface area contributed by atoms with Gasteiger partial charge in [-0.25, -0.2) is 4.79 Å². The highest BCUT2D eigenvalue weighted by atomic mass is 32.1. The van der Waals surface area contributed by atoms with Crippen molar-refractivity contribution in [2.75, 3.05) is 32.7 Å². The fourth-order valence-corrected chi connectivity index (χ4v) is 3.44. The minimum absolute atomic E-state index is 0.0483. The number of imide groups is 1. The van der Waals surface area contributed by atoms with Gasteiger partial charge in [-0.05, 0) is 32.9 Å². The molecule has 0 saturated carbocycles. The van der Waals surface area contributed by atoms with Crippen molar-refractivity contribution in [1.82, 2.24) is 20.4 Å². The molecule has 0 spiro atoms. The second kappa shape index (κ2) is 8.25. The zero-order valence-corrected chi connectivity index (χ0v) is 15.1. The Kier molecular flexibility index (Phi) is 6.33. The molecular formula is C16H24N4O3S. The van der Waals surface area contributed by atoms with Crippen LogP contribution in [0.4, 0.5) is 4.79 Å². The van der Waals surface area contributed by atoms with Gasteiger partial charge in [0, 0.05) is 37.6 Å². The Hall–Kier alpha value is -1.93. The SMILES string of the molecule is CCNC(=O)NC(=O)C(C)N1CCN(C(=O)c2ccc(C)s2)CC1. The van der Waals surface area contributed by atoms with E-state index in [1.807, 2.05) is 28.9 Å². The van der Waals surface area contributed by atoms with Crippen LogP contribution in [0, 0.1) is 6.92 Å². The van der Waals surface area contributed by atoms with E-state index >= 15 is 0 Å². The van der Waals surface area contributed by atoms with E-state index in [9.17, 15) is 14.4 Å². The van der Waals surface area contributed by atoms with Crippen molar-refractivity contribution in [3.63, 3.8) is 0 Å². The van der Waals surface area contributed by atoms with E-state index in [1.54, 1.807) is 13.8 Å². The van der Waals surface area contributed by atoms with E-state index in [0.29, 0.717) is 32.7 Å². The Morgan fingerprint density at radius 1 is 1.21 bits per heavy atom. The van der Waals surface area contributed by atoms with Gasteiger partial charge in [-0.15, -0.1) is 11.3 Å². The number of nitrogens with one attached hydrogen (secondary N) is 2. The molecule has 24 heavy (non-hydrogen) atoms. The summed E-state index contributed by atoms with van der Waals surface area (Å²) < 4.78 is 0. The van der Waals surface area contributed by atoms with Gasteiger partial charge >= 0.3 is 6.03 Å². The first kappa shape index (κ1) is 18.4. The molecule has 1 aliphatic rings. The molecule has 132 valence electrons. The highest BCUT2D eigenvalue weighted by Crippen LogP contribution is 2.18. The Labute approximate surface area is 146 Å². The van der Waals surface area contributed by atoms with Crippen molar-refractivity contribution in [1.29, 1.82) is 0 Å². The number of carbonyl (C=O) groups is 3. The third-order valence-electron chi connectivity index (χ3n) is 4.05. The number of amides is 4. The molecule has 1 aliphatic heterocycles. The van der Waals surface area contributed by atoms with E-state index < -0.39 is 12.1 Å². The predicted octanol–water partition coefficient (Wildman–Crippen LogP) is 1.05. The fourth-order valence-electron chi connectivity index (χ4n) is 2.60. The lowest BCUT2D eigenvalue weighted by molar-refractivity contribution is -0.125. The normalized spacial score (nSPS) is 16.5. The van der Waals surface area contributed by atoms with E-state index in [1.165, 1.54) is 11.3 Å². The van der Waals surface area contributed by atoms with Gasteiger partial charge in [0.2, 0.25) is 5.91 Å². The van der Waals surface area contributed by atoms with E-state index in [0.717, 1.165) is 9.75 Å². The molecule has 2 rings (SSSR count). The lowest BCUT2D eigenvalue weighted by Crippen LogP contribution is -2.56. The topological polar surface area (TPSA) is 81.8 Å². The number of hydrogen-bond donors (Lipinski definition) is 2. The average molecular weight is 352 g/mol. The number of rotatable bonds is 4. The van der Waals surface area contributed by atoms with Crippen molar-refractivity contribution < 1.29 is 14.4 Å². The fraction of sp³-hybridized carbons (Fsp3) is 0.562. The molecule has 1 fully saturated rings. The van der Waals surface area contributed by atoms with Crippen LogP contribution in [-0.4, -0.2) is 66.4 Å². The quantitative estimate of drug-likeness (QED) is 0.849. The van der Waals surface area contributed by atoms with Crippen LogP contribution in [0.5, 0.6) is 0 Å². The molecule has 1 unspecified atom stereocenters. The summed E-state index contributed by atoms with van der Waals surface area (Å²) in [6, 6.07) is 2.92. The standard InChI is InChI=1S/C16H24N4O3S/c1-4-17-16(23)18-14(21)12(3)19-7-9-20(10-8-19)15(22)13-6-5-11(2)24-13/h5-6,12H,4,7-10H2,1-3H3,(H2,17,18,21,23). The number of piperazine rings is 1. The van der Waals surface area contributed by atoms with Crippen LogP contribution in [0.2, 0.25) is 0 Å². The van der Waals surface area contributed by atoms with E-state index in [4.69, 9.17) is 0 Å². The number of urea groups is 1. The summed E-state index contributed by atoms with van der Waals surface area (Å²) in [5, 5.41) is 4.87. The summed E-state index contributed by atoms with van der Waals surface area (Å²) >= 11 is 1.50. The molecule has 7 nitrogen and oxygen atoms in total. The Balaban J connectivity index is 1.84. The number of hydrogen-bond acceptors (Lipinski definition) is 5. The molecule has 0 aliphatic carbocycles. The van der Waals surface area contributed by atoms with Crippen molar-refractivity contribution in [2.24, 2.45) is 0 Å². The first-order valence-corrected chi connectivity index (χ1v) is 8.92. The molecule has 1 aromatic rings. The van der Waals surface area contributed by atoms with Gasteiger partial charge in [-0.2, -0.15) is 0 Å². The molecule has 2 N–H and O–H groups in total. The molecular weight excluding hydrogens is 328 g/mol. The third kappa shape index (κ3) is 4.55. The maximum Gasteiger partial charge on any atom is 0.321 e. The van der Waals surface area contributed by atoms with Crippen LogP contribution in [-0.2, 0) is 4.79 Å². The summed E-state index contributed by atoms with van der Waals surface area (Å²) in [7, 11) is 0. The Morgan fingerprint density at radius 3 is 2.42 bits per heavy atom. The van der Waals surface area contributed by atoms with Crippen LogP contribution < -0.4 is 10.6 Å². The molecule has 1 saturated heterocycles. The van der Waals surface area contributed by atoms with E-state index in [-0.39, 0.29) is 11.8 Å². The van der Waals surface area contributed by atoms with Crippen LogP contribution in [0.3, 0.4) is 0 Å². The zero-order chi connectivity index (χ0) is 17.7. The van der Waals surface area contributed by atoms with Crippen LogP contribution in [0.25, 0.3) is 0 Å². The molecule has 0 bridgehead atoms. The number of thiophene rings is 1. The number of nitrogens with zero attached hydrogens (tertiary/aromatic N) is 2. The van der Waals surface area contributed by atoms with Gasteiger partial charge in [0.05, 0.1) is 10.9 Å². The van der Waals surface area contributed by atoms with Gasteiger partial charge < -0.3 is 10.2 Å². The molecule has 1 aromatic heterocycles. The summed E-state index contributed by atoms with van der Waals surface area (Å²) in [5.41, 5.74) is 0. The second-order valence-corrected chi connectivity index (χ2v) is 7.05. The lowest BCUT2D eigenvalue weighted by atomic mass is 10.2. The molecule has 2 heterocycles. The summed E-state index contributed by atoms with van der Waals surface area (Å²) in [4.78, 5) is 41.6. The minimum Gasteiger partial charge on any atom is -0.338 e. The molecule has 0 radical (unpaired) electrons. The van der Waals surface area contributed by atoms with Gasteiger partial charge in [0.1, 0.15) is 0 Å². The van der Waals surface area contributed by atoms with Gasteiger partial charge in [0.15, 0.2) is 0 Å². The Morgan fingerprint density at radius 2 is 1.88 bits per heavy atom. The van der Waals surface area contributed by atoms with Crippen molar-refractivity contribution in [3.8, 4) is 0 Å². The average Bonchev–Trinajstić information content (AvgIpc) is 3.00. The second-order valence-electron chi connectivity index (χ2n) is 5.76. The third-order valence-corrected chi connectivity index (χ3v) is 5.04. The smallest absolute Gasteiger partial charge is 0.321 e. The van der Waals surface area contributed by atoms with E-state index in [2.05, 4.69) is 10.6 Å². The first-order valence-electron chi connectivity index (χ1n) is 8.10. The largest absolute Gasteiger partial charge is 0.338 e. The first-order chi connectivity index (χ1) is 11.4. The predicted molar refractivity (Wildman–Crippen MR) is 93.2 cm³/mol. The molecule has 8 heteroatoms. The van der Waals surface area contributed by atoms with Crippen LogP contribution in [0.15, 0.2) is 12.1 Å². The number of aryl methyl sites for hydroxylation is 1. The van der Waals surface area contributed by atoms with Crippen molar-refractivity contribution >= 4 is 29.2 Å². The van der Waals surface area contributed by atoms with Gasteiger partial charge in [0.25, 0.3) is 5.91 Å². The Bertz CT molecular complexity index is 608. The van der Waals surface area contributed by atoms with Crippen molar-refractivity contribution in [3.05, 3.63) is 21.9 Å². The van der Waals surface area contributed by atoms with Gasteiger partial charge in [-0.3, -0.25) is 19.8 Å². The summed E-state index contributed by atoms with van der Waals surface area (Å²) in [6.07, 6.45) is 0. The summed E-state index contributed by atoms with van der Waals surface area (Å²) in [6.45, 7) is 8.39. The number of carbonyl (C=O) groups excluding carboxylic acids is 3. The lowest BCUT2D eigenvalue weighted by Gasteiger charge is -2.37.